The van der Waals surface area contributed by atoms with Crippen molar-refractivity contribution in [2.45, 2.75) is 77.1 Å². The molecule has 4 heterocycles. The van der Waals surface area contributed by atoms with E-state index in [-0.39, 0.29) is 54.8 Å². The fourth-order valence-corrected chi connectivity index (χ4v) is 7.45. The summed E-state index contributed by atoms with van der Waals surface area (Å²) in [6.45, 7) is 9.13. The number of nitrogens with one attached hydrogen (secondary N) is 1. The molecule has 0 radical (unpaired) electrons. The lowest BCUT2D eigenvalue weighted by atomic mass is 9.84. The summed E-state index contributed by atoms with van der Waals surface area (Å²) >= 11 is 0. The van der Waals surface area contributed by atoms with Gasteiger partial charge in [-0.1, -0.05) is 36.4 Å². The van der Waals surface area contributed by atoms with Crippen molar-refractivity contribution in [1.82, 2.24) is 34.6 Å². The number of hydrogen-bond acceptors (Lipinski definition) is 9. The number of nitrogens with zero attached hydrogens (tertiary/aromatic N) is 6. The number of aromatic nitrogens is 5. The summed E-state index contributed by atoms with van der Waals surface area (Å²) in [4.78, 5) is 21.7. The summed E-state index contributed by atoms with van der Waals surface area (Å²) < 4.78 is 42.4. The van der Waals surface area contributed by atoms with Crippen LogP contribution in [0.4, 0.5) is 0 Å². The largest absolute Gasteiger partial charge is 0.472 e. The molecular formula is C33H37N7O5S. The van der Waals surface area contributed by atoms with Crippen molar-refractivity contribution in [2.75, 3.05) is 6.54 Å². The second kappa shape index (κ2) is 13.0. The fourth-order valence-electron chi connectivity index (χ4n) is 5.92. The summed E-state index contributed by atoms with van der Waals surface area (Å²) in [6.07, 6.45) is 4.96. The van der Waals surface area contributed by atoms with Gasteiger partial charge < -0.3 is 14.5 Å². The lowest BCUT2D eigenvalue weighted by Crippen LogP contribution is -2.36. The van der Waals surface area contributed by atoms with E-state index in [1.807, 2.05) is 62.7 Å². The van der Waals surface area contributed by atoms with E-state index in [9.17, 15) is 13.2 Å². The molecule has 5 aromatic rings. The van der Waals surface area contributed by atoms with Crippen LogP contribution in [-0.2, 0) is 34.5 Å². The van der Waals surface area contributed by atoms with Crippen LogP contribution in [0.25, 0.3) is 11.0 Å². The zero-order chi connectivity index (χ0) is 32.4. The highest BCUT2D eigenvalue weighted by atomic mass is 32.2. The van der Waals surface area contributed by atoms with Crippen molar-refractivity contribution < 1.29 is 22.4 Å². The highest BCUT2D eigenvalue weighted by Crippen LogP contribution is 2.36. The molecule has 13 heteroatoms. The van der Waals surface area contributed by atoms with Crippen molar-refractivity contribution in [2.24, 2.45) is 0 Å². The first-order valence-electron chi connectivity index (χ1n) is 15.4. The van der Waals surface area contributed by atoms with E-state index in [0.717, 1.165) is 38.9 Å². The standard InChI is InChI=1S/C33H37N7O5S/c1-5-25-20-39(46(42,43)29-8-7-13-35-33(29)45-25)19-24-16-23(10-9-21(24)3)27(17-30(41)36-18-31-34-14-15-44-31)26-11-12-28-32(22(26)4)37-38-40(28)6-2/h7-16,25,27H,5-6,17-20H2,1-4H3,(H,36,41)/t25-,27?/m1/s1. The molecule has 0 aliphatic carbocycles. The number of oxazole rings is 1. The van der Waals surface area contributed by atoms with Gasteiger partial charge in [-0.25, -0.2) is 23.1 Å². The molecule has 2 atom stereocenters. The first-order valence-corrected chi connectivity index (χ1v) is 16.8. The molecule has 46 heavy (non-hydrogen) atoms. The average Bonchev–Trinajstić information content (AvgIpc) is 3.72. The molecule has 1 aliphatic heterocycles. The maximum absolute atomic E-state index is 13.9. The number of rotatable bonds is 10. The molecule has 1 amide bonds. The van der Waals surface area contributed by atoms with E-state index >= 15 is 0 Å². The van der Waals surface area contributed by atoms with Crippen molar-refractivity contribution >= 4 is 27.0 Å². The van der Waals surface area contributed by atoms with Gasteiger partial charge >= 0.3 is 0 Å². The third kappa shape index (κ3) is 6.12. The maximum Gasteiger partial charge on any atom is 0.248 e. The predicted octanol–water partition coefficient (Wildman–Crippen LogP) is 4.65. The van der Waals surface area contributed by atoms with Crippen LogP contribution in [0.3, 0.4) is 0 Å². The summed E-state index contributed by atoms with van der Waals surface area (Å²) in [5, 5.41) is 11.7. The SMILES string of the molecule is CC[C@@H]1CN(Cc2cc(C(CC(=O)NCc3ncco3)c3ccc4c(nnn4CC)c3C)ccc2C)S(=O)(=O)c2cccnc2O1. The van der Waals surface area contributed by atoms with Gasteiger partial charge in [-0.2, -0.15) is 4.31 Å². The van der Waals surface area contributed by atoms with Crippen LogP contribution in [0.2, 0.25) is 0 Å². The van der Waals surface area contributed by atoms with E-state index in [2.05, 4.69) is 25.6 Å². The van der Waals surface area contributed by atoms with Gasteiger partial charge in [0.15, 0.2) is 0 Å². The van der Waals surface area contributed by atoms with Crippen LogP contribution >= 0.6 is 0 Å². The summed E-state index contributed by atoms with van der Waals surface area (Å²) in [6, 6.07) is 13.2. The molecule has 1 aliphatic rings. The number of fused-ring (bicyclic) bond motifs is 2. The van der Waals surface area contributed by atoms with E-state index in [0.29, 0.717) is 18.9 Å². The van der Waals surface area contributed by atoms with Crippen molar-refractivity contribution in [3.8, 4) is 5.88 Å². The molecule has 1 unspecified atom stereocenters. The van der Waals surface area contributed by atoms with Crippen LogP contribution in [-0.4, -0.2) is 56.2 Å². The number of carbonyl (C=O) groups is 1. The second-order valence-corrected chi connectivity index (χ2v) is 13.4. The maximum atomic E-state index is 13.9. The summed E-state index contributed by atoms with van der Waals surface area (Å²) in [5.74, 6) is 0.0202. The van der Waals surface area contributed by atoms with Crippen LogP contribution < -0.4 is 10.1 Å². The lowest BCUT2D eigenvalue weighted by molar-refractivity contribution is -0.121. The van der Waals surface area contributed by atoms with Gasteiger partial charge in [0.25, 0.3) is 0 Å². The Kier molecular flexibility index (Phi) is 8.87. The monoisotopic (exact) mass is 643 g/mol. The highest BCUT2D eigenvalue weighted by molar-refractivity contribution is 7.89. The average molecular weight is 644 g/mol. The van der Waals surface area contributed by atoms with Crippen LogP contribution in [0, 0.1) is 13.8 Å². The summed E-state index contributed by atoms with van der Waals surface area (Å²) in [7, 11) is -3.89. The number of carbonyl (C=O) groups excluding carboxylic acids is 1. The highest BCUT2D eigenvalue weighted by Gasteiger charge is 2.35. The lowest BCUT2D eigenvalue weighted by Gasteiger charge is -2.25. The minimum Gasteiger partial charge on any atom is -0.472 e. The zero-order valence-corrected chi connectivity index (χ0v) is 27.1. The fraction of sp³-hybridized carbons (Fsp3) is 0.364. The van der Waals surface area contributed by atoms with E-state index in [1.54, 1.807) is 6.07 Å². The molecular weight excluding hydrogens is 606 g/mol. The summed E-state index contributed by atoms with van der Waals surface area (Å²) in [5.41, 5.74) is 6.25. The second-order valence-electron chi connectivity index (χ2n) is 11.5. The minimum atomic E-state index is -3.89. The van der Waals surface area contributed by atoms with Gasteiger partial charge in [0.2, 0.25) is 27.7 Å². The Bertz CT molecular complexity index is 1970. The van der Waals surface area contributed by atoms with Crippen LogP contribution in [0.5, 0.6) is 5.88 Å². The minimum absolute atomic E-state index is 0.0596. The normalized spacial score (nSPS) is 16.8. The molecule has 0 spiro atoms. The van der Waals surface area contributed by atoms with Gasteiger partial charge in [0.1, 0.15) is 22.8 Å². The Hall–Kier alpha value is -4.62. The molecule has 6 rings (SSSR count). The van der Waals surface area contributed by atoms with Gasteiger partial charge in [0.05, 0.1) is 24.8 Å². The van der Waals surface area contributed by atoms with Crippen LogP contribution in [0.15, 0.2) is 70.4 Å². The van der Waals surface area contributed by atoms with Gasteiger partial charge in [-0.15, -0.1) is 5.10 Å². The smallest absolute Gasteiger partial charge is 0.248 e. The third-order valence-corrected chi connectivity index (χ3v) is 10.4. The van der Waals surface area contributed by atoms with Crippen molar-refractivity contribution in [3.63, 3.8) is 0 Å². The van der Waals surface area contributed by atoms with Gasteiger partial charge in [-0.3, -0.25) is 4.79 Å². The first-order chi connectivity index (χ1) is 22.2. The topological polar surface area (TPSA) is 145 Å². The number of hydrogen-bond donors (Lipinski definition) is 1. The number of ether oxygens (including phenoxy) is 1. The molecule has 1 N–H and O–H groups in total. The zero-order valence-electron chi connectivity index (χ0n) is 26.3. The number of sulfonamides is 1. The Labute approximate surface area is 267 Å². The number of aryl methyl sites for hydroxylation is 3. The van der Waals surface area contributed by atoms with Gasteiger partial charge in [0, 0.05) is 31.6 Å². The van der Waals surface area contributed by atoms with Crippen molar-refractivity contribution in [1.29, 1.82) is 0 Å². The molecule has 240 valence electrons. The first kappa shape index (κ1) is 31.4. The molecule has 0 saturated carbocycles. The van der Waals surface area contributed by atoms with E-state index in [4.69, 9.17) is 9.15 Å². The molecule has 0 fully saturated rings. The van der Waals surface area contributed by atoms with Crippen molar-refractivity contribution in [3.05, 3.63) is 94.8 Å². The Morgan fingerprint density at radius 2 is 1.96 bits per heavy atom. The van der Waals surface area contributed by atoms with Gasteiger partial charge in [-0.05, 0) is 73.2 Å². The molecule has 0 saturated heterocycles. The number of benzene rings is 2. The quantitative estimate of drug-likeness (QED) is 0.230. The Balaban J connectivity index is 1.37. The van der Waals surface area contributed by atoms with E-state index in [1.165, 1.54) is 29.0 Å². The van der Waals surface area contributed by atoms with E-state index < -0.39 is 10.0 Å². The Morgan fingerprint density at radius 3 is 2.72 bits per heavy atom. The number of amides is 1. The molecule has 12 nitrogen and oxygen atoms in total. The van der Waals surface area contributed by atoms with Crippen LogP contribution in [0.1, 0.15) is 66.3 Å². The third-order valence-electron chi connectivity index (χ3n) is 8.58. The molecule has 0 bridgehead atoms. The molecule has 2 aromatic carbocycles. The predicted molar refractivity (Wildman–Crippen MR) is 170 cm³/mol. The molecule has 3 aromatic heterocycles. The number of pyridine rings is 1. The Morgan fingerprint density at radius 1 is 1.11 bits per heavy atom.